The van der Waals surface area contributed by atoms with Gasteiger partial charge < -0.3 is 16.8 Å². The Labute approximate surface area is 65.4 Å². The topological polar surface area (TPSA) is 64.1 Å². The maximum atomic E-state index is 5.68. The molecule has 0 fully saturated rings. The number of rotatable bonds is 0. The van der Waals surface area contributed by atoms with Gasteiger partial charge in [0.25, 0.3) is 0 Å². The van der Waals surface area contributed by atoms with Crippen LogP contribution in [0, 0.1) is 0 Å². The molecule has 1 aromatic carbocycles. The number of hydrogen-bond acceptors (Lipinski definition) is 3. The third kappa shape index (κ3) is 1.03. The first-order chi connectivity index (χ1) is 5.25. The van der Waals surface area contributed by atoms with E-state index in [1.165, 1.54) is 5.56 Å². The van der Waals surface area contributed by atoms with Crippen molar-refractivity contribution in [2.75, 3.05) is 11.1 Å². The molecule has 1 atom stereocenters. The van der Waals surface area contributed by atoms with Gasteiger partial charge in [0.1, 0.15) is 0 Å². The second kappa shape index (κ2) is 2.13. The fourth-order valence-electron chi connectivity index (χ4n) is 1.39. The summed E-state index contributed by atoms with van der Waals surface area (Å²) < 4.78 is 0. The minimum absolute atomic E-state index is 0.0619. The van der Waals surface area contributed by atoms with E-state index in [0.29, 0.717) is 0 Å². The molecule has 0 radical (unpaired) electrons. The van der Waals surface area contributed by atoms with E-state index in [4.69, 9.17) is 11.5 Å². The van der Waals surface area contributed by atoms with Gasteiger partial charge in [-0.15, -0.1) is 0 Å². The van der Waals surface area contributed by atoms with Gasteiger partial charge in [-0.25, -0.2) is 0 Å². The normalized spacial score (nSPS) is 21.0. The molecule has 0 aliphatic carbocycles. The van der Waals surface area contributed by atoms with Crippen molar-refractivity contribution in [1.29, 1.82) is 0 Å². The Morgan fingerprint density at radius 2 is 2.27 bits per heavy atom. The molecular weight excluding hydrogens is 138 g/mol. The molecule has 5 N–H and O–H groups in total. The van der Waals surface area contributed by atoms with Crippen LogP contribution in [0.25, 0.3) is 0 Å². The van der Waals surface area contributed by atoms with Crippen molar-refractivity contribution in [1.82, 2.24) is 0 Å². The van der Waals surface area contributed by atoms with Gasteiger partial charge in [-0.3, -0.25) is 0 Å². The highest BCUT2D eigenvalue weighted by molar-refractivity contribution is 5.63. The highest BCUT2D eigenvalue weighted by atomic mass is 15.1. The number of fused-ring (bicyclic) bond motifs is 1. The molecule has 1 aliphatic rings. The molecule has 3 heteroatoms. The van der Waals surface area contributed by atoms with Crippen molar-refractivity contribution in [3.05, 3.63) is 23.8 Å². The van der Waals surface area contributed by atoms with Crippen molar-refractivity contribution >= 4 is 11.4 Å². The molecule has 3 nitrogen and oxygen atoms in total. The lowest BCUT2D eigenvalue weighted by Gasteiger charge is -2.02. The van der Waals surface area contributed by atoms with Crippen LogP contribution >= 0.6 is 0 Å². The number of nitrogens with one attached hydrogen (secondary N) is 1. The molecule has 0 saturated carbocycles. The van der Waals surface area contributed by atoms with Crippen LogP contribution in [0.4, 0.5) is 11.4 Å². The maximum Gasteiger partial charge on any atom is 0.0784 e. The van der Waals surface area contributed by atoms with Crippen LogP contribution in [0.2, 0.25) is 0 Å². The third-order valence-electron chi connectivity index (χ3n) is 1.91. The first-order valence-electron chi connectivity index (χ1n) is 3.66. The van der Waals surface area contributed by atoms with Gasteiger partial charge >= 0.3 is 0 Å². The van der Waals surface area contributed by atoms with E-state index >= 15 is 0 Å². The molecule has 58 valence electrons. The standard InChI is InChI=1S/C8H11N3/c9-6-2-1-5-3-8(10)11-7(5)4-6/h1-2,4,8,11H,3,9-10H2. The smallest absolute Gasteiger partial charge is 0.0784 e. The maximum absolute atomic E-state index is 5.68. The van der Waals surface area contributed by atoms with E-state index in [1.54, 1.807) is 0 Å². The number of anilines is 2. The highest BCUT2D eigenvalue weighted by Crippen LogP contribution is 2.25. The lowest BCUT2D eigenvalue weighted by atomic mass is 10.1. The molecule has 0 spiro atoms. The van der Waals surface area contributed by atoms with Gasteiger partial charge in [0.15, 0.2) is 0 Å². The van der Waals surface area contributed by atoms with Crippen molar-refractivity contribution in [2.45, 2.75) is 12.6 Å². The Morgan fingerprint density at radius 3 is 3.09 bits per heavy atom. The van der Waals surface area contributed by atoms with E-state index in [-0.39, 0.29) is 6.17 Å². The first-order valence-corrected chi connectivity index (χ1v) is 3.66. The molecule has 0 saturated heterocycles. The summed E-state index contributed by atoms with van der Waals surface area (Å²) in [6.07, 6.45) is 0.960. The predicted molar refractivity (Wildman–Crippen MR) is 46.2 cm³/mol. The number of benzene rings is 1. The van der Waals surface area contributed by atoms with Crippen molar-refractivity contribution in [3.63, 3.8) is 0 Å². The van der Waals surface area contributed by atoms with E-state index in [2.05, 4.69) is 5.32 Å². The molecule has 1 unspecified atom stereocenters. The molecule has 11 heavy (non-hydrogen) atoms. The van der Waals surface area contributed by atoms with Crippen LogP contribution < -0.4 is 16.8 Å². The molecular formula is C8H11N3. The highest BCUT2D eigenvalue weighted by Gasteiger charge is 2.15. The van der Waals surface area contributed by atoms with Gasteiger partial charge in [-0.05, 0) is 17.7 Å². The van der Waals surface area contributed by atoms with Crippen LogP contribution in [0.1, 0.15) is 5.56 Å². The zero-order valence-electron chi connectivity index (χ0n) is 6.17. The van der Waals surface area contributed by atoms with Crippen LogP contribution in [-0.2, 0) is 6.42 Å². The quantitative estimate of drug-likeness (QED) is 0.471. The minimum Gasteiger partial charge on any atom is -0.399 e. The van der Waals surface area contributed by atoms with E-state index in [0.717, 1.165) is 17.8 Å². The molecule has 1 aromatic rings. The Kier molecular flexibility index (Phi) is 1.26. The number of nitrogen functional groups attached to an aromatic ring is 1. The van der Waals surface area contributed by atoms with E-state index in [9.17, 15) is 0 Å². The Balaban J connectivity index is 2.43. The second-order valence-electron chi connectivity index (χ2n) is 2.87. The Hall–Kier alpha value is -1.22. The molecule has 0 bridgehead atoms. The summed E-state index contributed by atoms with van der Waals surface area (Å²) in [6, 6.07) is 5.84. The summed E-state index contributed by atoms with van der Waals surface area (Å²) in [5, 5.41) is 3.14. The zero-order valence-corrected chi connectivity index (χ0v) is 6.17. The SMILES string of the molecule is Nc1ccc2c(c1)NC(N)C2. The van der Waals surface area contributed by atoms with Crippen molar-refractivity contribution in [3.8, 4) is 0 Å². The molecule has 1 heterocycles. The minimum atomic E-state index is 0.0619. The van der Waals surface area contributed by atoms with Crippen LogP contribution in [0.15, 0.2) is 18.2 Å². The predicted octanol–water partition coefficient (Wildman–Crippen LogP) is 0.522. The van der Waals surface area contributed by atoms with Gasteiger partial charge in [0.05, 0.1) is 6.17 Å². The Morgan fingerprint density at radius 1 is 1.45 bits per heavy atom. The third-order valence-corrected chi connectivity index (χ3v) is 1.91. The molecule has 2 rings (SSSR count). The van der Waals surface area contributed by atoms with Crippen LogP contribution in [0.3, 0.4) is 0 Å². The molecule has 1 aliphatic heterocycles. The lowest BCUT2D eigenvalue weighted by Crippen LogP contribution is -2.25. The summed E-state index contributed by atoms with van der Waals surface area (Å²) in [5.74, 6) is 0. The summed E-state index contributed by atoms with van der Waals surface area (Å²) in [6.45, 7) is 0. The Bertz CT molecular complexity index is 283. The van der Waals surface area contributed by atoms with Gasteiger partial charge in [-0.1, -0.05) is 6.07 Å². The molecule has 0 aromatic heterocycles. The van der Waals surface area contributed by atoms with E-state index < -0.39 is 0 Å². The fraction of sp³-hybridized carbons (Fsp3) is 0.250. The van der Waals surface area contributed by atoms with Crippen LogP contribution in [0.5, 0.6) is 0 Å². The zero-order chi connectivity index (χ0) is 7.84. The van der Waals surface area contributed by atoms with Gasteiger partial charge in [-0.2, -0.15) is 0 Å². The second-order valence-corrected chi connectivity index (χ2v) is 2.87. The summed E-state index contributed by atoms with van der Waals surface area (Å²) in [4.78, 5) is 0. The van der Waals surface area contributed by atoms with Crippen molar-refractivity contribution < 1.29 is 0 Å². The van der Waals surface area contributed by atoms with E-state index in [1.807, 2.05) is 18.2 Å². The average molecular weight is 149 g/mol. The first kappa shape index (κ1) is 6.49. The average Bonchev–Trinajstić information content (AvgIpc) is 2.27. The lowest BCUT2D eigenvalue weighted by molar-refractivity contribution is 0.797. The summed E-state index contributed by atoms with van der Waals surface area (Å²) in [7, 11) is 0. The molecule has 0 amide bonds. The summed E-state index contributed by atoms with van der Waals surface area (Å²) in [5.41, 5.74) is 14.4. The van der Waals surface area contributed by atoms with Crippen molar-refractivity contribution in [2.24, 2.45) is 5.73 Å². The monoisotopic (exact) mass is 149 g/mol. The largest absolute Gasteiger partial charge is 0.399 e. The van der Waals surface area contributed by atoms with Gasteiger partial charge in [0.2, 0.25) is 0 Å². The fourth-order valence-corrected chi connectivity index (χ4v) is 1.39. The number of nitrogens with two attached hydrogens (primary N) is 2. The summed E-state index contributed by atoms with van der Waals surface area (Å²) >= 11 is 0. The van der Waals surface area contributed by atoms with Crippen LogP contribution in [-0.4, -0.2) is 6.17 Å². The van der Waals surface area contributed by atoms with Gasteiger partial charge in [0, 0.05) is 17.8 Å². The number of hydrogen-bond donors (Lipinski definition) is 3.